The maximum absolute atomic E-state index is 5.06. The molecule has 0 radical (unpaired) electrons. The van der Waals surface area contributed by atoms with E-state index in [1.165, 1.54) is 25.0 Å². The van der Waals surface area contributed by atoms with Crippen LogP contribution in [-0.4, -0.2) is 51.1 Å². The highest BCUT2D eigenvalue weighted by Crippen LogP contribution is 2.19. The van der Waals surface area contributed by atoms with Crippen molar-refractivity contribution in [2.24, 2.45) is 0 Å². The minimum absolute atomic E-state index is 0.580. The van der Waals surface area contributed by atoms with Gasteiger partial charge in [0.15, 0.2) is 5.82 Å². The molecule has 0 bridgehead atoms. The Labute approximate surface area is 141 Å². The van der Waals surface area contributed by atoms with Crippen LogP contribution in [0.5, 0.6) is 0 Å². The van der Waals surface area contributed by atoms with Crippen molar-refractivity contribution in [2.45, 2.75) is 52.2 Å². The maximum Gasteiger partial charge on any atom is 0.223 e. The van der Waals surface area contributed by atoms with Crippen LogP contribution in [0.25, 0.3) is 0 Å². The number of nitrogens with zero attached hydrogens (tertiary/aromatic N) is 5. The largest absolute Gasteiger partial charge is 0.340 e. The molecule has 0 amide bonds. The Morgan fingerprint density at radius 3 is 2.87 bits per heavy atom. The van der Waals surface area contributed by atoms with Gasteiger partial charge in [-0.1, -0.05) is 5.16 Å². The van der Waals surface area contributed by atoms with Gasteiger partial charge in [-0.25, -0.2) is 4.98 Å². The lowest BCUT2D eigenvalue weighted by molar-refractivity contribution is 0.200. The van der Waals surface area contributed by atoms with E-state index in [1.807, 2.05) is 6.92 Å². The van der Waals surface area contributed by atoms with Crippen LogP contribution in [0.1, 0.15) is 41.7 Å². The molecule has 1 atom stereocenters. The minimum Gasteiger partial charge on any atom is -0.340 e. The molecule has 3 rings (SSSR count). The summed E-state index contributed by atoms with van der Waals surface area (Å²) in [7, 11) is 2.16. The molecule has 2 aromatic heterocycles. The van der Waals surface area contributed by atoms with Gasteiger partial charge in [-0.3, -0.25) is 9.80 Å². The van der Waals surface area contributed by atoms with Crippen molar-refractivity contribution >= 4 is 11.3 Å². The molecule has 23 heavy (non-hydrogen) atoms. The summed E-state index contributed by atoms with van der Waals surface area (Å²) < 4.78 is 5.06. The number of likely N-dealkylation sites (tertiary alicyclic amines) is 1. The molecule has 1 fully saturated rings. The van der Waals surface area contributed by atoms with E-state index in [-0.39, 0.29) is 0 Å². The van der Waals surface area contributed by atoms with E-state index in [0.717, 1.165) is 37.0 Å². The predicted molar refractivity (Wildman–Crippen MR) is 90.3 cm³/mol. The van der Waals surface area contributed by atoms with Crippen LogP contribution in [0.4, 0.5) is 0 Å². The van der Waals surface area contributed by atoms with Crippen LogP contribution in [0, 0.1) is 13.8 Å². The molecule has 0 N–H and O–H groups in total. The van der Waals surface area contributed by atoms with Gasteiger partial charge in [-0.05, 0) is 39.8 Å². The first-order chi connectivity index (χ1) is 11.1. The topological polar surface area (TPSA) is 58.3 Å². The first kappa shape index (κ1) is 16.5. The van der Waals surface area contributed by atoms with Crippen molar-refractivity contribution in [1.29, 1.82) is 0 Å². The van der Waals surface area contributed by atoms with E-state index in [1.54, 1.807) is 11.3 Å². The van der Waals surface area contributed by atoms with Gasteiger partial charge in [0.1, 0.15) is 0 Å². The van der Waals surface area contributed by atoms with E-state index >= 15 is 0 Å². The van der Waals surface area contributed by atoms with Crippen molar-refractivity contribution in [2.75, 3.05) is 20.1 Å². The first-order valence-corrected chi connectivity index (χ1v) is 9.11. The van der Waals surface area contributed by atoms with Gasteiger partial charge in [-0.2, -0.15) is 4.98 Å². The fourth-order valence-electron chi connectivity index (χ4n) is 3.20. The quantitative estimate of drug-likeness (QED) is 0.837. The summed E-state index contributed by atoms with van der Waals surface area (Å²) in [4.78, 5) is 13.8. The Kier molecular flexibility index (Phi) is 5.40. The lowest BCUT2D eigenvalue weighted by atomic mass is 10.1. The molecular weight excluding hydrogens is 310 g/mol. The number of aromatic nitrogens is 3. The Morgan fingerprint density at radius 2 is 2.17 bits per heavy atom. The molecule has 2 aromatic rings. The zero-order valence-electron chi connectivity index (χ0n) is 14.2. The Balaban J connectivity index is 1.51. The summed E-state index contributed by atoms with van der Waals surface area (Å²) in [5.41, 5.74) is 1.21. The molecule has 1 aliphatic heterocycles. The molecule has 6 nitrogen and oxygen atoms in total. The monoisotopic (exact) mass is 335 g/mol. The summed E-state index contributed by atoms with van der Waals surface area (Å²) in [5, 5.41) is 7.34. The summed E-state index contributed by atoms with van der Waals surface area (Å²) in [6, 6.07) is 0.580. The molecule has 0 saturated carbocycles. The van der Waals surface area contributed by atoms with E-state index in [2.05, 4.69) is 44.3 Å². The number of thiazole rings is 1. The molecule has 0 unspecified atom stereocenters. The van der Waals surface area contributed by atoms with Crippen LogP contribution < -0.4 is 0 Å². The highest BCUT2D eigenvalue weighted by molar-refractivity contribution is 7.09. The van der Waals surface area contributed by atoms with E-state index in [4.69, 9.17) is 4.52 Å². The van der Waals surface area contributed by atoms with Crippen LogP contribution in [0.2, 0.25) is 0 Å². The van der Waals surface area contributed by atoms with Crippen LogP contribution in [0.15, 0.2) is 9.90 Å². The van der Waals surface area contributed by atoms with Gasteiger partial charge in [0.25, 0.3) is 0 Å². The SMILES string of the molecule is Cc1nc(CN(C)[C@@H]2CCCN(Cc3csc(C)n3)CC2)no1. The van der Waals surface area contributed by atoms with Crippen molar-refractivity contribution in [3.63, 3.8) is 0 Å². The second kappa shape index (κ2) is 7.51. The normalized spacial score (nSPS) is 20.1. The van der Waals surface area contributed by atoms with Crippen LogP contribution in [0.3, 0.4) is 0 Å². The average molecular weight is 335 g/mol. The van der Waals surface area contributed by atoms with Crippen LogP contribution in [-0.2, 0) is 13.1 Å². The third kappa shape index (κ3) is 4.59. The third-order valence-electron chi connectivity index (χ3n) is 4.43. The number of hydrogen-bond donors (Lipinski definition) is 0. The van der Waals surface area contributed by atoms with Gasteiger partial charge >= 0.3 is 0 Å². The first-order valence-electron chi connectivity index (χ1n) is 8.23. The molecule has 0 aliphatic carbocycles. The summed E-state index contributed by atoms with van der Waals surface area (Å²) in [6.07, 6.45) is 3.62. The van der Waals surface area contributed by atoms with Crippen LogP contribution >= 0.6 is 11.3 Å². The predicted octanol–water partition coefficient (Wildman–Crippen LogP) is 2.63. The second-order valence-electron chi connectivity index (χ2n) is 6.36. The van der Waals surface area contributed by atoms with Crippen molar-refractivity contribution in [1.82, 2.24) is 24.9 Å². The van der Waals surface area contributed by atoms with Crippen molar-refractivity contribution in [3.05, 3.63) is 27.8 Å². The fourth-order valence-corrected chi connectivity index (χ4v) is 3.81. The van der Waals surface area contributed by atoms with Gasteiger partial charge in [0.05, 0.1) is 17.2 Å². The fraction of sp³-hybridized carbons (Fsp3) is 0.688. The maximum atomic E-state index is 5.06. The van der Waals surface area contributed by atoms with Gasteiger partial charge in [0.2, 0.25) is 5.89 Å². The summed E-state index contributed by atoms with van der Waals surface area (Å²) >= 11 is 1.74. The number of hydrogen-bond acceptors (Lipinski definition) is 7. The van der Waals surface area contributed by atoms with Gasteiger partial charge in [-0.15, -0.1) is 11.3 Å². The van der Waals surface area contributed by atoms with Crippen molar-refractivity contribution in [3.8, 4) is 0 Å². The van der Waals surface area contributed by atoms with E-state index < -0.39 is 0 Å². The Hall–Kier alpha value is -1.31. The minimum atomic E-state index is 0.580. The molecule has 1 aliphatic rings. The van der Waals surface area contributed by atoms with Crippen molar-refractivity contribution < 1.29 is 4.52 Å². The summed E-state index contributed by atoms with van der Waals surface area (Å²) in [6.45, 7) is 7.92. The molecule has 1 saturated heterocycles. The lowest BCUT2D eigenvalue weighted by Crippen LogP contribution is -2.33. The Morgan fingerprint density at radius 1 is 1.30 bits per heavy atom. The highest BCUT2D eigenvalue weighted by Gasteiger charge is 2.22. The molecular formula is C16H25N5OS. The number of aryl methyl sites for hydroxylation is 2. The lowest BCUT2D eigenvalue weighted by Gasteiger charge is -2.26. The van der Waals surface area contributed by atoms with E-state index in [9.17, 15) is 0 Å². The molecule has 7 heteroatoms. The Bertz CT molecular complexity index is 626. The third-order valence-corrected chi connectivity index (χ3v) is 5.25. The van der Waals surface area contributed by atoms with E-state index in [0.29, 0.717) is 11.9 Å². The molecule has 0 aromatic carbocycles. The zero-order chi connectivity index (χ0) is 16.2. The smallest absolute Gasteiger partial charge is 0.223 e. The second-order valence-corrected chi connectivity index (χ2v) is 7.43. The summed E-state index contributed by atoms with van der Waals surface area (Å²) in [5.74, 6) is 1.42. The number of rotatable bonds is 5. The van der Waals surface area contributed by atoms with Gasteiger partial charge in [0, 0.05) is 31.4 Å². The highest BCUT2D eigenvalue weighted by atomic mass is 32.1. The standard InChI is InChI=1S/C16H25N5OS/c1-12-17-16(19-22-12)10-20(3)15-5-4-7-21(8-6-15)9-14-11-23-13(2)18-14/h11,15H,4-10H2,1-3H3/t15-/m1/s1. The zero-order valence-corrected chi connectivity index (χ0v) is 15.0. The molecule has 0 spiro atoms. The van der Waals surface area contributed by atoms with Gasteiger partial charge < -0.3 is 4.52 Å². The molecule has 126 valence electrons. The average Bonchev–Trinajstić information content (AvgIpc) is 3.02. The molecule has 3 heterocycles.